The summed E-state index contributed by atoms with van der Waals surface area (Å²) in [5, 5.41) is 10.3. The summed E-state index contributed by atoms with van der Waals surface area (Å²) < 4.78 is 16.9. The number of nitrogens with one attached hydrogen (secondary N) is 1. The van der Waals surface area contributed by atoms with Gasteiger partial charge in [0.1, 0.15) is 18.1 Å². The zero-order valence-electron chi connectivity index (χ0n) is 20.3. The Bertz CT molecular complexity index is 1190. The predicted molar refractivity (Wildman–Crippen MR) is 137 cm³/mol. The smallest absolute Gasteiger partial charge is 0.290 e. The Hall–Kier alpha value is -4.20. The van der Waals surface area contributed by atoms with E-state index in [2.05, 4.69) is 23.5 Å². The lowest BCUT2D eigenvalue weighted by atomic mass is 9.83. The minimum atomic E-state index is -0.725. The van der Waals surface area contributed by atoms with Crippen LogP contribution in [0.1, 0.15) is 30.5 Å². The molecule has 0 aromatic heterocycles. The van der Waals surface area contributed by atoms with Crippen molar-refractivity contribution in [2.24, 2.45) is 10.7 Å². The van der Waals surface area contributed by atoms with Crippen molar-refractivity contribution in [3.63, 3.8) is 0 Å². The van der Waals surface area contributed by atoms with Crippen LogP contribution in [0.3, 0.4) is 0 Å². The van der Waals surface area contributed by atoms with Gasteiger partial charge in [-0.05, 0) is 73.9 Å². The van der Waals surface area contributed by atoms with Crippen LogP contribution in [0, 0.1) is 6.92 Å². The van der Waals surface area contributed by atoms with Crippen LogP contribution in [-0.4, -0.2) is 37.4 Å². The van der Waals surface area contributed by atoms with Crippen molar-refractivity contribution in [1.29, 1.82) is 0 Å². The van der Waals surface area contributed by atoms with Crippen molar-refractivity contribution < 1.29 is 24.1 Å². The van der Waals surface area contributed by atoms with Crippen LogP contribution in [0.5, 0.6) is 11.5 Å². The number of hydrogen-bond acceptors (Lipinski definition) is 7. The highest BCUT2D eigenvalue weighted by Gasteiger charge is 2.40. The maximum absolute atomic E-state index is 8.36. The van der Waals surface area contributed by atoms with Crippen LogP contribution in [0.4, 0.5) is 11.4 Å². The average Bonchev–Trinajstić information content (AvgIpc) is 3.24. The highest BCUT2D eigenvalue weighted by Crippen LogP contribution is 2.40. The lowest BCUT2D eigenvalue weighted by Crippen LogP contribution is -2.27. The van der Waals surface area contributed by atoms with E-state index in [-0.39, 0.29) is 18.6 Å². The fraction of sp³-hybridized carbons (Fsp3) is 0.259. The number of methoxy groups -OCH3 is 1. The minimum Gasteiger partial charge on any atom is -0.497 e. The number of nitrogens with two attached hydrogens (primary N) is 1. The second-order valence-electron chi connectivity index (χ2n) is 8.29. The standard InChI is InChI=1S/C26H29N3O3.CH2O2/c1-17(2)32-24-12-11-20(13-18(24)3)26(16-31-25(27)29-26)19-7-5-8-21(14-19)28-22-9-6-10-23(15-22)30-4;2-1-3/h5-15,17,28H,16H2,1-4H3,(H2,27,29);1H,(H,2,3). The lowest BCUT2D eigenvalue weighted by Gasteiger charge is -2.27. The molecular weight excluding hydrogens is 446 g/mol. The van der Waals surface area contributed by atoms with E-state index in [0.717, 1.165) is 39.6 Å². The molecular formula is C27H31N3O5. The lowest BCUT2D eigenvalue weighted by molar-refractivity contribution is -0.122. The van der Waals surface area contributed by atoms with Crippen molar-refractivity contribution in [3.8, 4) is 11.5 Å². The Morgan fingerprint density at radius 2 is 1.74 bits per heavy atom. The molecule has 0 bridgehead atoms. The fourth-order valence-corrected chi connectivity index (χ4v) is 3.91. The van der Waals surface area contributed by atoms with Crippen LogP contribution in [0.2, 0.25) is 0 Å². The second kappa shape index (κ2) is 11.3. The van der Waals surface area contributed by atoms with Crippen LogP contribution >= 0.6 is 0 Å². The van der Waals surface area contributed by atoms with Crippen molar-refractivity contribution in [2.75, 3.05) is 19.0 Å². The Morgan fingerprint density at radius 1 is 1.09 bits per heavy atom. The molecule has 0 aliphatic carbocycles. The van der Waals surface area contributed by atoms with Gasteiger partial charge < -0.3 is 30.4 Å². The number of anilines is 2. The molecule has 8 nitrogen and oxygen atoms in total. The maximum atomic E-state index is 8.36. The molecule has 4 rings (SSSR count). The number of rotatable bonds is 7. The van der Waals surface area contributed by atoms with Crippen molar-refractivity contribution >= 4 is 23.9 Å². The van der Waals surface area contributed by atoms with Gasteiger partial charge in [-0.25, -0.2) is 4.99 Å². The Kier molecular flexibility index (Phi) is 8.20. The van der Waals surface area contributed by atoms with Crippen LogP contribution in [-0.2, 0) is 15.1 Å². The van der Waals surface area contributed by atoms with Crippen LogP contribution in [0.25, 0.3) is 0 Å². The van der Waals surface area contributed by atoms with Gasteiger partial charge in [-0.3, -0.25) is 4.79 Å². The van der Waals surface area contributed by atoms with Crippen molar-refractivity contribution in [3.05, 3.63) is 83.4 Å². The number of aliphatic imine (C=N–C) groups is 1. The summed E-state index contributed by atoms with van der Waals surface area (Å²) in [4.78, 5) is 13.1. The SMILES string of the molecule is COc1cccc(Nc2cccc(C3(c4ccc(OC(C)C)c(C)c4)COC(N)=N3)c2)c1.O=CO. The molecule has 0 fully saturated rings. The number of nitrogens with zero attached hydrogens (tertiary/aromatic N) is 1. The molecule has 0 saturated carbocycles. The van der Waals surface area contributed by atoms with E-state index >= 15 is 0 Å². The number of hydrogen-bond donors (Lipinski definition) is 3. The molecule has 1 aliphatic heterocycles. The predicted octanol–water partition coefficient (Wildman–Crippen LogP) is 4.82. The molecule has 184 valence electrons. The first-order valence-corrected chi connectivity index (χ1v) is 11.2. The van der Waals surface area contributed by atoms with Gasteiger partial charge in [-0.1, -0.05) is 24.3 Å². The topological polar surface area (TPSA) is 115 Å². The van der Waals surface area contributed by atoms with E-state index in [0.29, 0.717) is 6.61 Å². The quantitative estimate of drug-likeness (QED) is 0.418. The van der Waals surface area contributed by atoms with Gasteiger partial charge >= 0.3 is 0 Å². The fourth-order valence-electron chi connectivity index (χ4n) is 3.91. The van der Waals surface area contributed by atoms with Gasteiger partial charge in [0.2, 0.25) is 0 Å². The largest absolute Gasteiger partial charge is 0.497 e. The zero-order valence-corrected chi connectivity index (χ0v) is 20.3. The summed E-state index contributed by atoms with van der Waals surface area (Å²) >= 11 is 0. The minimum absolute atomic E-state index is 0.108. The zero-order chi connectivity index (χ0) is 25.4. The molecule has 1 unspecified atom stereocenters. The molecule has 3 aromatic carbocycles. The molecule has 0 radical (unpaired) electrons. The molecule has 35 heavy (non-hydrogen) atoms. The van der Waals surface area contributed by atoms with E-state index in [1.165, 1.54) is 0 Å². The third-order valence-corrected chi connectivity index (χ3v) is 5.44. The summed E-state index contributed by atoms with van der Waals surface area (Å²) in [7, 11) is 1.66. The first kappa shape index (κ1) is 25.4. The summed E-state index contributed by atoms with van der Waals surface area (Å²) in [5.41, 5.74) is 10.2. The van der Waals surface area contributed by atoms with E-state index in [9.17, 15) is 0 Å². The van der Waals surface area contributed by atoms with E-state index in [1.54, 1.807) is 7.11 Å². The van der Waals surface area contributed by atoms with Crippen LogP contribution in [0.15, 0.2) is 71.7 Å². The first-order valence-electron chi connectivity index (χ1n) is 11.2. The normalized spacial score (nSPS) is 16.4. The van der Waals surface area contributed by atoms with E-state index < -0.39 is 5.54 Å². The van der Waals surface area contributed by atoms with Gasteiger partial charge in [-0.2, -0.15) is 0 Å². The van der Waals surface area contributed by atoms with Crippen molar-refractivity contribution in [2.45, 2.75) is 32.4 Å². The summed E-state index contributed by atoms with van der Waals surface area (Å²) in [6, 6.07) is 22.3. The molecule has 3 aromatic rings. The molecule has 8 heteroatoms. The van der Waals surface area contributed by atoms with E-state index in [1.807, 2.05) is 69.3 Å². The Labute approximate surface area is 205 Å². The Balaban J connectivity index is 0.00000108. The summed E-state index contributed by atoms with van der Waals surface area (Å²) in [6.45, 7) is 6.17. The number of carboxylic acid groups (broad SMARTS) is 1. The number of carbonyl (C=O) groups is 1. The van der Waals surface area contributed by atoms with Gasteiger partial charge in [0.25, 0.3) is 12.5 Å². The van der Waals surface area contributed by atoms with E-state index in [4.69, 9.17) is 34.8 Å². The number of benzene rings is 3. The molecule has 1 aliphatic rings. The van der Waals surface area contributed by atoms with Crippen LogP contribution < -0.4 is 20.5 Å². The second-order valence-corrected chi connectivity index (χ2v) is 8.29. The molecule has 1 heterocycles. The maximum Gasteiger partial charge on any atom is 0.290 e. The third-order valence-electron chi connectivity index (χ3n) is 5.44. The van der Waals surface area contributed by atoms with Gasteiger partial charge in [0, 0.05) is 17.4 Å². The average molecular weight is 478 g/mol. The van der Waals surface area contributed by atoms with Gasteiger partial charge in [-0.15, -0.1) is 0 Å². The summed E-state index contributed by atoms with van der Waals surface area (Å²) in [5.74, 6) is 1.66. The highest BCUT2D eigenvalue weighted by atomic mass is 16.5. The van der Waals surface area contributed by atoms with Gasteiger partial charge in [0.05, 0.1) is 13.2 Å². The monoisotopic (exact) mass is 477 g/mol. The molecule has 0 spiro atoms. The number of aryl methyl sites for hydroxylation is 1. The molecule has 4 N–H and O–H groups in total. The molecule has 1 atom stereocenters. The third kappa shape index (κ3) is 6.03. The summed E-state index contributed by atoms with van der Waals surface area (Å²) in [6.07, 6.45) is 0.108. The first-order chi connectivity index (χ1) is 16.8. The highest BCUT2D eigenvalue weighted by molar-refractivity contribution is 5.75. The van der Waals surface area contributed by atoms with Crippen molar-refractivity contribution in [1.82, 2.24) is 0 Å². The Morgan fingerprint density at radius 3 is 2.34 bits per heavy atom. The number of ether oxygens (including phenoxy) is 3. The van der Waals surface area contributed by atoms with Gasteiger partial charge in [0.15, 0.2) is 5.54 Å². The molecule has 0 saturated heterocycles. The number of amidine groups is 1. The molecule has 0 amide bonds.